The molecule has 28 heavy (non-hydrogen) atoms. The lowest BCUT2D eigenvalue weighted by Gasteiger charge is -2.04. The van der Waals surface area contributed by atoms with Crippen molar-refractivity contribution in [3.63, 3.8) is 0 Å². The molecule has 1 fully saturated rings. The van der Waals surface area contributed by atoms with Crippen molar-refractivity contribution in [3.05, 3.63) is 48.2 Å². The minimum Gasteiger partial charge on any atom is -0.378 e. The summed E-state index contributed by atoms with van der Waals surface area (Å²) in [6.07, 6.45) is 5.91. The molecule has 0 bridgehead atoms. The van der Waals surface area contributed by atoms with Gasteiger partial charge in [0.05, 0.1) is 0 Å². The van der Waals surface area contributed by atoms with Crippen molar-refractivity contribution in [2.45, 2.75) is 25.7 Å². The number of nitrogens with two attached hydrogens (primary N) is 1. The van der Waals surface area contributed by atoms with E-state index in [9.17, 15) is 9.59 Å². The number of anilines is 3. The fourth-order valence-corrected chi connectivity index (χ4v) is 4.04. The van der Waals surface area contributed by atoms with E-state index in [4.69, 9.17) is 5.73 Å². The Labute approximate surface area is 168 Å². The van der Waals surface area contributed by atoms with Gasteiger partial charge in [0.2, 0.25) is 0 Å². The van der Waals surface area contributed by atoms with E-state index >= 15 is 0 Å². The average molecular weight is 397 g/mol. The van der Waals surface area contributed by atoms with Crippen LogP contribution >= 0.6 is 11.3 Å². The SMILES string of the molecule is CNc1sc(Nc2ccc3ccccc3c2)nc1C(N)=O.O=CC1CCCC1. The number of thiazole rings is 1. The molecule has 0 spiro atoms. The van der Waals surface area contributed by atoms with Crippen molar-refractivity contribution >= 4 is 50.1 Å². The Bertz CT molecular complexity index is 964. The maximum absolute atomic E-state index is 11.3. The molecule has 2 aromatic carbocycles. The summed E-state index contributed by atoms with van der Waals surface area (Å²) in [4.78, 5) is 25.6. The second-order valence-corrected chi connectivity index (χ2v) is 7.68. The molecular weight excluding hydrogens is 372 g/mol. The van der Waals surface area contributed by atoms with Gasteiger partial charge in [-0.05, 0) is 35.7 Å². The molecule has 1 aliphatic carbocycles. The van der Waals surface area contributed by atoms with Gasteiger partial charge in [0.25, 0.3) is 5.91 Å². The number of carbonyl (C=O) groups is 2. The van der Waals surface area contributed by atoms with E-state index in [-0.39, 0.29) is 5.69 Å². The number of fused-ring (bicyclic) bond motifs is 1. The predicted molar refractivity (Wildman–Crippen MR) is 115 cm³/mol. The molecule has 4 rings (SSSR count). The Hall–Kier alpha value is -2.93. The van der Waals surface area contributed by atoms with Crippen LogP contribution in [0.4, 0.5) is 15.8 Å². The summed E-state index contributed by atoms with van der Waals surface area (Å²) >= 11 is 1.35. The number of carbonyl (C=O) groups excluding carboxylic acids is 2. The van der Waals surface area contributed by atoms with Gasteiger partial charge in [-0.1, -0.05) is 54.5 Å². The Kier molecular flexibility index (Phi) is 6.60. The topological polar surface area (TPSA) is 97.1 Å². The molecule has 1 amide bonds. The number of hydrogen-bond acceptors (Lipinski definition) is 6. The molecule has 0 aliphatic heterocycles. The maximum atomic E-state index is 11.3. The fraction of sp³-hybridized carbons (Fsp3) is 0.286. The molecule has 146 valence electrons. The van der Waals surface area contributed by atoms with Crippen LogP contribution in [0.25, 0.3) is 10.8 Å². The number of rotatable bonds is 5. The molecule has 0 atom stereocenters. The van der Waals surface area contributed by atoms with Gasteiger partial charge in [0, 0.05) is 18.7 Å². The zero-order valence-electron chi connectivity index (χ0n) is 15.8. The Morgan fingerprint density at radius 3 is 2.46 bits per heavy atom. The van der Waals surface area contributed by atoms with Gasteiger partial charge in [-0.2, -0.15) is 0 Å². The summed E-state index contributed by atoms with van der Waals surface area (Å²) in [5, 5.41) is 9.74. The lowest BCUT2D eigenvalue weighted by atomic mass is 10.1. The van der Waals surface area contributed by atoms with Crippen molar-refractivity contribution in [1.82, 2.24) is 4.98 Å². The summed E-state index contributed by atoms with van der Waals surface area (Å²) in [6.45, 7) is 0. The molecule has 3 aromatic rings. The van der Waals surface area contributed by atoms with Crippen molar-refractivity contribution in [2.24, 2.45) is 11.7 Å². The first-order chi connectivity index (χ1) is 13.6. The van der Waals surface area contributed by atoms with E-state index in [1.807, 2.05) is 30.3 Å². The Morgan fingerprint density at radius 1 is 1.18 bits per heavy atom. The third-order valence-electron chi connectivity index (χ3n) is 4.68. The van der Waals surface area contributed by atoms with E-state index in [1.165, 1.54) is 29.6 Å². The third-order valence-corrected chi connectivity index (χ3v) is 5.67. The highest BCUT2D eigenvalue weighted by molar-refractivity contribution is 7.19. The largest absolute Gasteiger partial charge is 0.378 e. The molecule has 0 unspecified atom stereocenters. The second-order valence-electron chi connectivity index (χ2n) is 6.68. The van der Waals surface area contributed by atoms with E-state index < -0.39 is 5.91 Å². The van der Waals surface area contributed by atoms with E-state index in [1.54, 1.807) is 7.05 Å². The number of hydrogen-bond donors (Lipinski definition) is 3. The zero-order chi connectivity index (χ0) is 19.9. The lowest BCUT2D eigenvalue weighted by molar-refractivity contribution is -0.110. The van der Waals surface area contributed by atoms with Crippen LogP contribution in [0.15, 0.2) is 42.5 Å². The summed E-state index contributed by atoms with van der Waals surface area (Å²) < 4.78 is 0. The first kappa shape index (κ1) is 19.8. The highest BCUT2D eigenvalue weighted by Crippen LogP contribution is 2.31. The number of nitrogens with one attached hydrogen (secondary N) is 2. The van der Waals surface area contributed by atoms with Gasteiger partial charge in [-0.3, -0.25) is 4.79 Å². The summed E-state index contributed by atoms with van der Waals surface area (Å²) in [5.41, 5.74) is 6.48. The van der Waals surface area contributed by atoms with E-state index in [2.05, 4.69) is 27.8 Å². The third kappa shape index (κ3) is 4.86. The lowest BCUT2D eigenvalue weighted by Crippen LogP contribution is -2.13. The minimum absolute atomic E-state index is 0.255. The number of amides is 1. The van der Waals surface area contributed by atoms with Crippen LogP contribution in [0.5, 0.6) is 0 Å². The number of primary amides is 1. The normalized spacial score (nSPS) is 13.6. The molecule has 1 aliphatic rings. The quantitative estimate of drug-likeness (QED) is 0.550. The van der Waals surface area contributed by atoms with Crippen molar-refractivity contribution in [1.29, 1.82) is 0 Å². The molecule has 1 saturated carbocycles. The van der Waals surface area contributed by atoms with Crippen LogP contribution < -0.4 is 16.4 Å². The van der Waals surface area contributed by atoms with Gasteiger partial charge in [-0.25, -0.2) is 4.98 Å². The molecule has 0 saturated heterocycles. The second kappa shape index (κ2) is 9.32. The van der Waals surface area contributed by atoms with Crippen LogP contribution in [0.2, 0.25) is 0 Å². The smallest absolute Gasteiger partial charge is 0.270 e. The summed E-state index contributed by atoms with van der Waals surface area (Å²) in [5.74, 6) is -0.123. The van der Waals surface area contributed by atoms with Crippen LogP contribution in [-0.2, 0) is 4.79 Å². The highest BCUT2D eigenvalue weighted by Gasteiger charge is 2.15. The summed E-state index contributed by atoms with van der Waals surface area (Å²) in [7, 11) is 1.74. The van der Waals surface area contributed by atoms with Crippen molar-refractivity contribution in [3.8, 4) is 0 Å². The van der Waals surface area contributed by atoms with Gasteiger partial charge in [0.15, 0.2) is 10.8 Å². The van der Waals surface area contributed by atoms with Gasteiger partial charge >= 0.3 is 0 Å². The van der Waals surface area contributed by atoms with Crippen LogP contribution in [-0.4, -0.2) is 24.2 Å². The Balaban J connectivity index is 0.000000271. The van der Waals surface area contributed by atoms with Crippen LogP contribution in [0, 0.1) is 5.92 Å². The molecule has 7 heteroatoms. The van der Waals surface area contributed by atoms with Crippen LogP contribution in [0.3, 0.4) is 0 Å². The molecule has 6 nitrogen and oxygen atoms in total. The first-order valence-corrected chi connectivity index (χ1v) is 10.1. The number of benzene rings is 2. The van der Waals surface area contributed by atoms with Crippen molar-refractivity contribution in [2.75, 3.05) is 17.7 Å². The predicted octanol–water partition coefficient (Wildman–Crippen LogP) is 4.56. The number of aldehydes is 1. The molecular formula is C21H24N4O2S. The van der Waals surface area contributed by atoms with Crippen molar-refractivity contribution < 1.29 is 9.59 Å². The van der Waals surface area contributed by atoms with Gasteiger partial charge in [0.1, 0.15) is 11.3 Å². The zero-order valence-corrected chi connectivity index (χ0v) is 16.6. The van der Waals surface area contributed by atoms with Gasteiger partial charge in [-0.15, -0.1) is 0 Å². The molecule has 4 N–H and O–H groups in total. The fourth-order valence-electron chi connectivity index (χ4n) is 3.19. The van der Waals surface area contributed by atoms with E-state index in [0.717, 1.165) is 30.2 Å². The highest BCUT2D eigenvalue weighted by atomic mass is 32.1. The number of nitrogens with zero attached hydrogens (tertiary/aromatic N) is 1. The standard InChI is InChI=1S/C15H14N4OS.C6H10O/c1-17-14-12(13(16)20)19-15(21-14)18-11-7-6-9-4-2-3-5-10(9)8-11;7-5-6-3-1-2-4-6/h2-8,17H,1H3,(H2,16,20)(H,18,19);5-6H,1-4H2. The maximum Gasteiger partial charge on any atom is 0.270 e. The molecule has 0 radical (unpaired) electrons. The van der Waals surface area contributed by atoms with Gasteiger partial charge < -0.3 is 21.2 Å². The summed E-state index contributed by atoms with van der Waals surface area (Å²) in [6, 6.07) is 14.2. The molecule has 1 aromatic heterocycles. The Morgan fingerprint density at radius 2 is 1.89 bits per heavy atom. The monoisotopic (exact) mass is 396 g/mol. The average Bonchev–Trinajstić information content (AvgIpc) is 3.38. The first-order valence-electron chi connectivity index (χ1n) is 9.30. The minimum atomic E-state index is -0.540. The number of aromatic nitrogens is 1. The molecule has 1 heterocycles. The van der Waals surface area contributed by atoms with Crippen LogP contribution in [0.1, 0.15) is 36.2 Å². The van der Waals surface area contributed by atoms with E-state index in [0.29, 0.717) is 16.1 Å².